The number of hydrogen-bond donors (Lipinski definition) is 3. The number of aryl methyl sites for hydroxylation is 2. The number of aromatic amines is 1. The Kier molecular flexibility index (Phi) is 12.0. The number of hydrogen-bond acceptors (Lipinski definition) is 8. The van der Waals surface area contributed by atoms with Crippen molar-refractivity contribution in [3.63, 3.8) is 0 Å². The molecule has 0 bridgehead atoms. The Bertz CT molecular complexity index is 1750. The van der Waals surface area contributed by atoms with E-state index in [0.29, 0.717) is 88.3 Å². The summed E-state index contributed by atoms with van der Waals surface area (Å²) in [6, 6.07) is 17.8. The normalized spacial score (nSPS) is 11.5. The average molecular weight is 650 g/mol. The van der Waals surface area contributed by atoms with Crippen molar-refractivity contribution in [3.05, 3.63) is 76.9 Å². The molecular formula is C34H40ClN5O6. The van der Waals surface area contributed by atoms with Crippen LogP contribution in [0.1, 0.15) is 15.9 Å². The zero-order valence-corrected chi connectivity index (χ0v) is 26.9. The summed E-state index contributed by atoms with van der Waals surface area (Å²) in [6.07, 6.45) is 2.04. The number of aromatic nitrogens is 3. The lowest BCUT2D eigenvalue weighted by Crippen LogP contribution is -2.28. The lowest BCUT2D eigenvalue weighted by atomic mass is 10.0. The summed E-state index contributed by atoms with van der Waals surface area (Å²) < 4.78 is 29.8. The first kappa shape index (κ1) is 33.4. The number of nitrogens with zero attached hydrogens (tertiary/aromatic N) is 2. The molecule has 1 amide bonds. The highest BCUT2D eigenvalue weighted by atomic mass is 35.5. The predicted molar refractivity (Wildman–Crippen MR) is 179 cm³/mol. The second-order valence-corrected chi connectivity index (χ2v) is 11.1. The molecule has 0 aliphatic carbocycles. The molecule has 3 aromatic carbocycles. The zero-order valence-electron chi connectivity index (χ0n) is 26.1. The molecule has 2 heterocycles. The van der Waals surface area contributed by atoms with Crippen molar-refractivity contribution >= 4 is 39.4 Å². The predicted octanol–water partition coefficient (Wildman–Crippen LogP) is 5.23. The van der Waals surface area contributed by atoms with Crippen LogP contribution in [0.15, 0.2) is 60.8 Å². The summed E-state index contributed by atoms with van der Waals surface area (Å²) in [5.41, 5.74) is 11.2. The minimum absolute atomic E-state index is 0.216. The third kappa shape index (κ3) is 8.85. The first-order valence-electron chi connectivity index (χ1n) is 15.3. The molecule has 0 unspecified atom stereocenters. The Labute approximate surface area is 272 Å². The molecule has 12 heteroatoms. The lowest BCUT2D eigenvalue weighted by molar-refractivity contribution is -0.000579. The Balaban J connectivity index is 1.09. The highest BCUT2D eigenvalue weighted by molar-refractivity contribution is 6.34. The third-order valence-corrected chi connectivity index (χ3v) is 7.64. The molecule has 0 saturated heterocycles. The van der Waals surface area contributed by atoms with E-state index in [1.807, 2.05) is 38.4 Å². The van der Waals surface area contributed by atoms with Crippen LogP contribution in [0, 0.1) is 6.92 Å². The summed E-state index contributed by atoms with van der Waals surface area (Å²) >= 11 is 6.69. The summed E-state index contributed by atoms with van der Waals surface area (Å²) in [7, 11) is 2.02. The number of nitrogens with one attached hydrogen (secondary N) is 2. The van der Waals surface area contributed by atoms with Crippen LogP contribution in [0.5, 0.6) is 11.8 Å². The van der Waals surface area contributed by atoms with Crippen molar-refractivity contribution in [2.75, 3.05) is 65.9 Å². The number of H-pyrrole nitrogens is 1. The number of rotatable bonds is 18. The van der Waals surface area contributed by atoms with Crippen molar-refractivity contribution in [2.45, 2.75) is 6.92 Å². The topological polar surface area (TPSA) is 135 Å². The van der Waals surface area contributed by atoms with Crippen LogP contribution < -0.4 is 15.8 Å². The van der Waals surface area contributed by atoms with Gasteiger partial charge in [-0.1, -0.05) is 23.7 Å². The maximum absolute atomic E-state index is 12.9. The molecule has 2 aromatic heterocycles. The first-order chi connectivity index (χ1) is 22.4. The van der Waals surface area contributed by atoms with Crippen molar-refractivity contribution in [1.29, 1.82) is 0 Å². The molecule has 46 heavy (non-hydrogen) atoms. The van der Waals surface area contributed by atoms with E-state index in [-0.39, 0.29) is 5.91 Å². The Morgan fingerprint density at radius 2 is 1.63 bits per heavy atom. The molecule has 5 aromatic rings. The maximum Gasteiger partial charge on any atom is 0.300 e. The number of fused-ring (bicyclic) bond motifs is 2. The molecule has 244 valence electrons. The first-order valence-corrected chi connectivity index (χ1v) is 15.6. The number of carbonyl (C=O) groups excluding carboxylic acids is 1. The van der Waals surface area contributed by atoms with Gasteiger partial charge >= 0.3 is 0 Å². The highest BCUT2D eigenvalue weighted by Gasteiger charge is 2.14. The van der Waals surface area contributed by atoms with E-state index in [9.17, 15) is 4.79 Å². The van der Waals surface area contributed by atoms with Gasteiger partial charge in [-0.25, -0.2) is 0 Å². The SMILES string of the molecule is Cc1ccc(Oc2nc3cc(-c4ccc5c(ccn5C)c4)c(Cl)cc3[nH]2)cc1C(=O)NCCOCCOCCOCCOCCN. The molecule has 5 rings (SSSR count). The molecular weight excluding hydrogens is 610 g/mol. The van der Waals surface area contributed by atoms with E-state index in [0.717, 1.165) is 38.6 Å². The molecule has 0 atom stereocenters. The van der Waals surface area contributed by atoms with Gasteiger partial charge in [-0.15, -0.1) is 0 Å². The van der Waals surface area contributed by atoms with E-state index >= 15 is 0 Å². The number of nitrogens with two attached hydrogens (primary N) is 1. The van der Waals surface area contributed by atoms with Gasteiger partial charge in [-0.05, 0) is 60.5 Å². The van der Waals surface area contributed by atoms with Gasteiger partial charge in [0.1, 0.15) is 5.75 Å². The number of imidazole rings is 1. The average Bonchev–Trinajstić information content (AvgIpc) is 3.62. The van der Waals surface area contributed by atoms with Gasteiger partial charge in [0, 0.05) is 48.4 Å². The van der Waals surface area contributed by atoms with E-state index in [2.05, 4.69) is 44.1 Å². The Morgan fingerprint density at radius 1 is 0.913 bits per heavy atom. The fourth-order valence-electron chi connectivity index (χ4n) is 4.92. The summed E-state index contributed by atoms with van der Waals surface area (Å²) in [5, 5.41) is 4.64. The second kappa shape index (κ2) is 16.5. The van der Waals surface area contributed by atoms with Gasteiger partial charge in [0.25, 0.3) is 11.9 Å². The third-order valence-electron chi connectivity index (χ3n) is 7.32. The second-order valence-electron chi connectivity index (χ2n) is 10.7. The van der Waals surface area contributed by atoms with Gasteiger partial charge in [-0.2, -0.15) is 4.98 Å². The van der Waals surface area contributed by atoms with E-state index in [1.165, 1.54) is 0 Å². The number of halogens is 1. The molecule has 11 nitrogen and oxygen atoms in total. The fourth-order valence-corrected chi connectivity index (χ4v) is 5.20. The van der Waals surface area contributed by atoms with E-state index in [1.54, 1.807) is 12.1 Å². The molecule has 0 radical (unpaired) electrons. The largest absolute Gasteiger partial charge is 0.426 e. The van der Waals surface area contributed by atoms with Crippen molar-refractivity contribution in [1.82, 2.24) is 19.9 Å². The number of benzene rings is 3. The summed E-state index contributed by atoms with van der Waals surface area (Å²) in [5.74, 6) is 0.267. The maximum atomic E-state index is 12.9. The van der Waals surface area contributed by atoms with Crippen LogP contribution in [-0.4, -0.2) is 86.4 Å². The van der Waals surface area contributed by atoms with Crippen molar-refractivity contribution in [2.24, 2.45) is 12.8 Å². The summed E-state index contributed by atoms with van der Waals surface area (Å²) in [4.78, 5) is 20.7. The van der Waals surface area contributed by atoms with Crippen LogP contribution in [0.3, 0.4) is 0 Å². The monoisotopic (exact) mass is 649 g/mol. The smallest absolute Gasteiger partial charge is 0.300 e. The minimum atomic E-state index is -0.216. The molecule has 0 saturated carbocycles. The Morgan fingerprint density at radius 3 is 2.37 bits per heavy atom. The van der Waals surface area contributed by atoms with Gasteiger partial charge in [0.15, 0.2) is 0 Å². The highest BCUT2D eigenvalue weighted by Crippen LogP contribution is 2.34. The minimum Gasteiger partial charge on any atom is -0.426 e. The summed E-state index contributed by atoms with van der Waals surface area (Å²) in [6.45, 7) is 6.50. The quantitative estimate of drug-likeness (QED) is 0.110. The fraction of sp³-hybridized carbons (Fsp3) is 0.353. The molecule has 0 aliphatic heterocycles. The Hall–Kier alpha value is -3.97. The van der Waals surface area contributed by atoms with Gasteiger partial charge in [-0.3, -0.25) is 4.79 Å². The van der Waals surface area contributed by atoms with Crippen LogP contribution in [0.25, 0.3) is 33.1 Å². The number of carbonyl (C=O) groups is 1. The van der Waals surface area contributed by atoms with Crippen LogP contribution in [0.2, 0.25) is 5.02 Å². The van der Waals surface area contributed by atoms with E-state index < -0.39 is 0 Å². The van der Waals surface area contributed by atoms with Crippen LogP contribution >= 0.6 is 11.6 Å². The zero-order chi connectivity index (χ0) is 32.3. The van der Waals surface area contributed by atoms with Crippen molar-refractivity contribution < 1.29 is 28.5 Å². The standard InChI is InChI=1S/C34H40ClN5O6/c1-23-3-5-26(20-27(23)33(41)37-9-12-43-14-16-45-18-17-44-15-13-42-11-8-36)46-34-38-30-21-28(29(35)22-31(30)39-34)24-4-6-32-25(19-24)7-10-40(32)2/h3-7,10,19-22H,8-9,11-18,36H2,1-2H3,(H,37,41)(H,38,39). The van der Waals surface area contributed by atoms with E-state index in [4.69, 9.17) is 41.0 Å². The van der Waals surface area contributed by atoms with Gasteiger partial charge in [0.05, 0.1) is 68.9 Å². The van der Waals surface area contributed by atoms with Crippen LogP contribution in [-0.2, 0) is 26.0 Å². The molecule has 0 fully saturated rings. The molecule has 0 aliphatic rings. The van der Waals surface area contributed by atoms with Gasteiger partial charge < -0.3 is 44.3 Å². The van der Waals surface area contributed by atoms with Crippen LogP contribution in [0.4, 0.5) is 0 Å². The number of amides is 1. The number of ether oxygens (including phenoxy) is 5. The molecule has 0 spiro atoms. The van der Waals surface area contributed by atoms with Gasteiger partial charge in [0.2, 0.25) is 0 Å². The van der Waals surface area contributed by atoms with Crippen molar-refractivity contribution in [3.8, 4) is 22.9 Å². The lowest BCUT2D eigenvalue weighted by Gasteiger charge is -2.10. The molecule has 4 N–H and O–H groups in total.